The van der Waals surface area contributed by atoms with Gasteiger partial charge in [0.15, 0.2) is 0 Å². The molecule has 1 aliphatic heterocycles. The summed E-state index contributed by atoms with van der Waals surface area (Å²) in [6.45, 7) is 13.9. The van der Waals surface area contributed by atoms with Crippen LogP contribution in [0.15, 0.2) is 4.42 Å². The maximum absolute atomic E-state index is 12.6. The summed E-state index contributed by atoms with van der Waals surface area (Å²) in [5.41, 5.74) is -1.19. The lowest BCUT2D eigenvalue weighted by Gasteiger charge is -2.27. The number of likely N-dealkylation sites (tertiary alicyclic amines) is 1. The Hall–Kier alpha value is -2.32. The van der Waals surface area contributed by atoms with Gasteiger partial charge >= 0.3 is 18.2 Å². The van der Waals surface area contributed by atoms with Gasteiger partial charge in [-0.05, 0) is 53.9 Å². The van der Waals surface area contributed by atoms with Crippen LogP contribution >= 0.6 is 0 Å². The molecule has 0 N–H and O–H groups in total. The first-order valence-corrected chi connectivity index (χ1v) is 9.12. The second-order valence-corrected chi connectivity index (χ2v) is 8.78. The van der Waals surface area contributed by atoms with E-state index in [1.54, 1.807) is 32.6 Å². The number of ether oxygens (including phenoxy) is 2. The molecule has 2 rings (SSSR count). The molecule has 2 amide bonds. The van der Waals surface area contributed by atoms with E-state index >= 15 is 0 Å². The molecular formula is C18H30N4O5. The van der Waals surface area contributed by atoms with Gasteiger partial charge in [0.2, 0.25) is 5.89 Å². The molecule has 0 saturated carbocycles. The third-order valence-corrected chi connectivity index (χ3v) is 3.74. The Kier molecular flexibility index (Phi) is 6.01. The fourth-order valence-corrected chi connectivity index (χ4v) is 2.68. The summed E-state index contributed by atoms with van der Waals surface area (Å²) in [6.07, 6.45) is -0.157. The van der Waals surface area contributed by atoms with Gasteiger partial charge in [-0.3, -0.25) is 0 Å². The van der Waals surface area contributed by atoms with Gasteiger partial charge in [0, 0.05) is 26.6 Å². The van der Waals surface area contributed by atoms with Crippen LogP contribution in [0.4, 0.5) is 15.6 Å². The number of carbonyl (C=O) groups excluding carboxylic acids is 2. The normalized spacial score (nSPS) is 17.7. The molecule has 1 aliphatic rings. The van der Waals surface area contributed by atoms with Crippen molar-refractivity contribution in [1.29, 1.82) is 0 Å². The SMILES string of the molecule is Cc1nnc(N(CC2CCN(C(=O)OC(C)(C)C)C2)C(=O)OC(C)(C)C)o1. The molecule has 9 heteroatoms. The van der Waals surface area contributed by atoms with Crippen LogP contribution in [-0.2, 0) is 9.47 Å². The molecule has 2 heterocycles. The molecule has 0 aromatic carbocycles. The van der Waals surface area contributed by atoms with Gasteiger partial charge < -0.3 is 18.8 Å². The summed E-state index contributed by atoms with van der Waals surface area (Å²) in [7, 11) is 0. The van der Waals surface area contributed by atoms with Crippen molar-refractivity contribution in [1.82, 2.24) is 15.1 Å². The summed E-state index contributed by atoms with van der Waals surface area (Å²) in [5.74, 6) is 0.414. The van der Waals surface area contributed by atoms with Crippen molar-refractivity contribution >= 4 is 18.2 Å². The molecule has 1 aromatic heterocycles. The summed E-state index contributed by atoms with van der Waals surface area (Å²) >= 11 is 0. The predicted molar refractivity (Wildman–Crippen MR) is 98.5 cm³/mol. The first-order chi connectivity index (χ1) is 12.3. The van der Waals surface area contributed by atoms with Gasteiger partial charge in [-0.2, -0.15) is 0 Å². The standard InChI is InChI=1S/C18H30N4O5/c1-12-19-20-14(25-12)22(16(24)27-18(5,6)7)11-13-8-9-21(10-13)15(23)26-17(2,3)4/h13H,8-11H2,1-7H3. The summed E-state index contributed by atoms with van der Waals surface area (Å²) < 4.78 is 16.3. The average molecular weight is 382 g/mol. The number of nitrogens with zero attached hydrogens (tertiary/aromatic N) is 4. The predicted octanol–water partition coefficient (Wildman–Crippen LogP) is 3.38. The monoisotopic (exact) mass is 382 g/mol. The number of aryl methyl sites for hydroxylation is 1. The summed E-state index contributed by atoms with van der Waals surface area (Å²) in [5, 5.41) is 7.74. The number of aromatic nitrogens is 2. The van der Waals surface area contributed by atoms with Crippen molar-refractivity contribution in [3.8, 4) is 0 Å². The topological polar surface area (TPSA) is 98.0 Å². The molecule has 1 fully saturated rings. The molecule has 0 bridgehead atoms. The van der Waals surface area contributed by atoms with Crippen LogP contribution < -0.4 is 4.90 Å². The van der Waals surface area contributed by atoms with Gasteiger partial charge in [0.1, 0.15) is 11.2 Å². The first-order valence-electron chi connectivity index (χ1n) is 9.12. The maximum Gasteiger partial charge on any atom is 0.418 e. The Bertz CT molecular complexity index is 674. The Labute approximate surface area is 160 Å². The Balaban J connectivity index is 2.06. The van der Waals surface area contributed by atoms with Crippen LogP contribution in [0.5, 0.6) is 0 Å². The third-order valence-electron chi connectivity index (χ3n) is 3.74. The van der Waals surface area contributed by atoms with Crippen LogP contribution in [0.1, 0.15) is 53.9 Å². The lowest BCUT2D eigenvalue weighted by Crippen LogP contribution is -2.41. The fraction of sp³-hybridized carbons (Fsp3) is 0.778. The molecule has 1 atom stereocenters. The lowest BCUT2D eigenvalue weighted by atomic mass is 10.1. The molecule has 1 saturated heterocycles. The van der Waals surface area contributed by atoms with Crippen LogP contribution in [0.25, 0.3) is 0 Å². The summed E-state index contributed by atoms with van der Waals surface area (Å²) in [4.78, 5) is 27.9. The van der Waals surface area contributed by atoms with Crippen LogP contribution in [-0.4, -0.2) is 58.1 Å². The smallest absolute Gasteiger partial charge is 0.418 e. The zero-order valence-electron chi connectivity index (χ0n) is 17.2. The second kappa shape index (κ2) is 7.74. The highest BCUT2D eigenvalue weighted by Crippen LogP contribution is 2.24. The maximum atomic E-state index is 12.6. The number of hydrogen-bond donors (Lipinski definition) is 0. The Morgan fingerprint density at radius 1 is 1.15 bits per heavy atom. The van der Waals surface area contributed by atoms with Crippen molar-refractivity contribution in [3.05, 3.63) is 5.89 Å². The number of amides is 2. The highest BCUT2D eigenvalue weighted by atomic mass is 16.6. The van der Waals surface area contributed by atoms with Crippen molar-refractivity contribution < 1.29 is 23.5 Å². The molecule has 9 nitrogen and oxygen atoms in total. The van der Waals surface area contributed by atoms with Crippen molar-refractivity contribution in [2.75, 3.05) is 24.5 Å². The molecule has 0 radical (unpaired) electrons. The van der Waals surface area contributed by atoms with Gasteiger partial charge in [0.05, 0.1) is 0 Å². The van der Waals surface area contributed by atoms with Gasteiger partial charge in [-0.15, -0.1) is 5.10 Å². The minimum Gasteiger partial charge on any atom is -0.444 e. The number of carbonyl (C=O) groups is 2. The Morgan fingerprint density at radius 3 is 2.30 bits per heavy atom. The number of rotatable bonds is 3. The van der Waals surface area contributed by atoms with Crippen molar-refractivity contribution in [2.45, 2.75) is 66.1 Å². The minimum atomic E-state index is -0.650. The van der Waals surface area contributed by atoms with Crippen molar-refractivity contribution in [3.63, 3.8) is 0 Å². The van der Waals surface area contributed by atoms with E-state index in [0.29, 0.717) is 25.5 Å². The fourth-order valence-electron chi connectivity index (χ4n) is 2.68. The molecular weight excluding hydrogens is 352 g/mol. The first kappa shape index (κ1) is 21.0. The minimum absolute atomic E-state index is 0.0530. The van der Waals surface area contributed by atoms with Crippen LogP contribution in [0.2, 0.25) is 0 Å². The van der Waals surface area contributed by atoms with Crippen LogP contribution in [0.3, 0.4) is 0 Å². The van der Waals surface area contributed by atoms with E-state index in [2.05, 4.69) is 10.2 Å². The number of anilines is 1. The van der Waals surface area contributed by atoms with Gasteiger partial charge in [0.25, 0.3) is 0 Å². The highest BCUT2D eigenvalue weighted by Gasteiger charge is 2.34. The van der Waals surface area contributed by atoms with E-state index < -0.39 is 17.3 Å². The zero-order valence-corrected chi connectivity index (χ0v) is 17.2. The average Bonchev–Trinajstić information content (AvgIpc) is 3.10. The van der Waals surface area contributed by atoms with E-state index in [1.807, 2.05) is 20.8 Å². The summed E-state index contributed by atoms with van der Waals surface area (Å²) in [6, 6.07) is 0.0949. The zero-order chi connectivity index (χ0) is 20.4. The molecule has 152 valence electrons. The quantitative estimate of drug-likeness (QED) is 0.790. The van der Waals surface area contributed by atoms with Crippen LogP contribution in [0, 0.1) is 12.8 Å². The van der Waals surface area contributed by atoms with E-state index in [9.17, 15) is 9.59 Å². The Morgan fingerprint density at radius 2 is 1.78 bits per heavy atom. The third kappa shape index (κ3) is 6.41. The van der Waals surface area contributed by atoms with Gasteiger partial charge in [-0.25, -0.2) is 14.5 Å². The second-order valence-electron chi connectivity index (χ2n) is 8.78. The molecule has 27 heavy (non-hydrogen) atoms. The molecule has 0 spiro atoms. The van der Waals surface area contributed by atoms with E-state index in [-0.39, 0.29) is 18.0 Å². The molecule has 1 aromatic rings. The largest absolute Gasteiger partial charge is 0.444 e. The molecule has 0 aliphatic carbocycles. The van der Waals surface area contributed by atoms with E-state index in [4.69, 9.17) is 13.9 Å². The van der Waals surface area contributed by atoms with Crippen molar-refractivity contribution in [2.24, 2.45) is 5.92 Å². The highest BCUT2D eigenvalue weighted by molar-refractivity contribution is 5.85. The number of hydrogen-bond acceptors (Lipinski definition) is 7. The molecule has 1 unspecified atom stereocenters. The van der Waals surface area contributed by atoms with E-state index in [1.165, 1.54) is 4.90 Å². The lowest BCUT2D eigenvalue weighted by molar-refractivity contribution is 0.0288. The van der Waals surface area contributed by atoms with E-state index in [0.717, 1.165) is 6.42 Å². The van der Waals surface area contributed by atoms with Gasteiger partial charge in [-0.1, -0.05) is 5.10 Å².